The number of methoxy groups -OCH3 is 1. The van der Waals surface area contributed by atoms with E-state index in [1.807, 2.05) is 26.0 Å². The number of ketones is 1. The first-order chi connectivity index (χ1) is 9.04. The molecule has 2 rings (SSSR count). The molecule has 0 bridgehead atoms. The van der Waals surface area contributed by atoms with E-state index < -0.39 is 0 Å². The Labute approximate surface area is 115 Å². The zero-order valence-corrected chi connectivity index (χ0v) is 12.2. The van der Waals surface area contributed by atoms with Crippen molar-refractivity contribution in [3.8, 4) is 5.75 Å². The van der Waals surface area contributed by atoms with Gasteiger partial charge in [-0.2, -0.15) is 0 Å². The quantitative estimate of drug-likeness (QED) is 0.758. The van der Waals surface area contributed by atoms with E-state index in [4.69, 9.17) is 4.74 Å². The van der Waals surface area contributed by atoms with Crippen molar-refractivity contribution in [3.05, 3.63) is 40.5 Å². The van der Waals surface area contributed by atoms with Crippen molar-refractivity contribution in [1.29, 1.82) is 0 Å². The molecule has 0 heterocycles. The molecule has 2 nitrogen and oxygen atoms in total. The molecule has 0 saturated carbocycles. The van der Waals surface area contributed by atoms with Gasteiger partial charge in [0.2, 0.25) is 0 Å². The molecule has 1 atom stereocenters. The summed E-state index contributed by atoms with van der Waals surface area (Å²) < 4.78 is 5.44. The average Bonchev–Trinajstić information content (AvgIpc) is 2.41. The van der Waals surface area contributed by atoms with Gasteiger partial charge in [-0.15, -0.1) is 0 Å². The SMILES string of the molecule is COc1c(C(=O)C2=CCC(C)CC2)ccc(C)c1C. The first-order valence-electron chi connectivity index (χ1n) is 6.92. The van der Waals surface area contributed by atoms with Crippen LogP contribution in [0.5, 0.6) is 5.75 Å². The van der Waals surface area contributed by atoms with Gasteiger partial charge < -0.3 is 4.74 Å². The second-order valence-corrected chi connectivity index (χ2v) is 5.53. The summed E-state index contributed by atoms with van der Waals surface area (Å²) in [5.41, 5.74) is 3.85. The fraction of sp³-hybridized carbons (Fsp3) is 0.471. The number of carbonyl (C=O) groups is 1. The second kappa shape index (κ2) is 5.60. The molecule has 0 N–H and O–H groups in total. The van der Waals surface area contributed by atoms with Crippen LogP contribution in [0.25, 0.3) is 0 Å². The average molecular weight is 258 g/mol. The molecule has 1 aromatic rings. The van der Waals surface area contributed by atoms with Crippen molar-refractivity contribution in [1.82, 2.24) is 0 Å². The van der Waals surface area contributed by atoms with Crippen LogP contribution in [0, 0.1) is 19.8 Å². The van der Waals surface area contributed by atoms with Crippen molar-refractivity contribution in [2.75, 3.05) is 7.11 Å². The van der Waals surface area contributed by atoms with Crippen LogP contribution < -0.4 is 4.74 Å². The van der Waals surface area contributed by atoms with Gasteiger partial charge in [0, 0.05) is 0 Å². The molecule has 1 aliphatic carbocycles. The minimum Gasteiger partial charge on any atom is -0.496 e. The van der Waals surface area contributed by atoms with Crippen LogP contribution in [-0.2, 0) is 0 Å². The van der Waals surface area contributed by atoms with Crippen molar-refractivity contribution in [3.63, 3.8) is 0 Å². The highest BCUT2D eigenvalue weighted by molar-refractivity contribution is 6.10. The molecular weight excluding hydrogens is 236 g/mol. The van der Waals surface area contributed by atoms with Gasteiger partial charge in [0.25, 0.3) is 0 Å². The fourth-order valence-electron chi connectivity index (χ4n) is 2.58. The molecule has 0 aliphatic heterocycles. The highest BCUT2D eigenvalue weighted by atomic mass is 16.5. The minimum atomic E-state index is 0.131. The monoisotopic (exact) mass is 258 g/mol. The third kappa shape index (κ3) is 2.73. The standard InChI is InChI=1S/C17H22O2/c1-11-5-8-14(9-6-11)16(18)15-10-7-12(2)13(3)17(15)19-4/h7-8,10-11H,5-6,9H2,1-4H3. The minimum absolute atomic E-state index is 0.131. The second-order valence-electron chi connectivity index (χ2n) is 5.53. The van der Waals surface area contributed by atoms with Crippen LogP contribution in [-0.4, -0.2) is 12.9 Å². The lowest BCUT2D eigenvalue weighted by atomic mass is 9.86. The Balaban J connectivity index is 2.37. The maximum absolute atomic E-state index is 12.6. The maximum atomic E-state index is 12.6. The van der Waals surface area contributed by atoms with Crippen LogP contribution in [0.2, 0.25) is 0 Å². The summed E-state index contributed by atoms with van der Waals surface area (Å²) >= 11 is 0. The molecule has 0 amide bonds. The Kier molecular flexibility index (Phi) is 4.08. The summed E-state index contributed by atoms with van der Waals surface area (Å²) in [5, 5.41) is 0. The van der Waals surface area contributed by atoms with Crippen LogP contribution in [0.3, 0.4) is 0 Å². The lowest BCUT2D eigenvalue weighted by molar-refractivity contribution is 0.102. The molecule has 0 aromatic heterocycles. The molecular formula is C17H22O2. The molecule has 0 radical (unpaired) electrons. The predicted octanol–water partition coefficient (Wildman–Crippen LogP) is 4.24. The Morgan fingerprint density at radius 2 is 2.05 bits per heavy atom. The van der Waals surface area contributed by atoms with Gasteiger partial charge in [-0.05, 0) is 61.8 Å². The van der Waals surface area contributed by atoms with Crippen molar-refractivity contribution in [2.24, 2.45) is 5.92 Å². The number of rotatable bonds is 3. The lowest BCUT2D eigenvalue weighted by Crippen LogP contribution is -2.12. The molecule has 1 aromatic carbocycles. The molecule has 102 valence electrons. The summed E-state index contributed by atoms with van der Waals surface area (Å²) in [6.07, 6.45) is 5.10. The smallest absolute Gasteiger partial charge is 0.192 e. The molecule has 1 unspecified atom stereocenters. The Hall–Kier alpha value is -1.57. The molecule has 0 spiro atoms. The first-order valence-corrected chi connectivity index (χ1v) is 6.92. The number of hydrogen-bond donors (Lipinski definition) is 0. The maximum Gasteiger partial charge on any atom is 0.192 e. The van der Waals surface area contributed by atoms with E-state index in [2.05, 4.69) is 13.0 Å². The summed E-state index contributed by atoms with van der Waals surface area (Å²) in [6, 6.07) is 3.89. The lowest BCUT2D eigenvalue weighted by Gasteiger charge is -2.19. The van der Waals surface area contributed by atoms with E-state index in [1.54, 1.807) is 7.11 Å². The summed E-state index contributed by atoms with van der Waals surface area (Å²) in [5.74, 6) is 1.55. The van der Waals surface area contributed by atoms with Gasteiger partial charge in [0.05, 0.1) is 12.7 Å². The highest BCUT2D eigenvalue weighted by Gasteiger charge is 2.21. The van der Waals surface area contributed by atoms with Gasteiger partial charge in [-0.25, -0.2) is 0 Å². The topological polar surface area (TPSA) is 26.3 Å². The van der Waals surface area contributed by atoms with E-state index in [0.717, 1.165) is 41.7 Å². The zero-order valence-electron chi connectivity index (χ0n) is 12.2. The molecule has 0 fully saturated rings. The highest BCUT2D eigenvalue weighted by Crippen LogP contribution is 2.31. The van der Waals surface area contributed by atoms with Gasteiger partial charge >= 0.3 is 0 Å². The molecule has 0 saturated heterocycles. The Morgan fingerprint density at radius 3 is 2.63 bits per heavy atom. The van der Waals surface area contributed by atoms with E-state index in [9.17, 15) is 4.79 Å². The Morgan fingerprint density at radius 1 is 1.32 bits per heavy atom. The van der Waals surface area contributed by atoms with E-state index in [-0.39, 0.29) is 5.78 Å². The van der Waals surface area contributed by atoms with Gasteiger partial charge in [0.1, 0.15) is 5.75 Å². The van der Waals surface area contributed by atoms with Crippen molar-refractivity contribution < 1.29 is 9.53 Å². The largest absolute Gasteiger partial charge is 0.496 e. The van der Waals surface area contributed by atoms with Crippen LogP contribution in [0.1, 0.15) is 47.7 Å². The molecule has 2 heteroatoms. The first kappa shape index (κ1) is 13.9. The number of aryl methyl sites for hydroxylation is 1. The number of benzene rings is 1. The molecule has 19 heavy (non-hydrogen) atoms. The van der Waals surface area contributed by atoms with Crippen molar-refractivity contribution in [2.45, 2.75) is 40.0 Å². The number of carbonyl (C=O) groups excluding carboxylic acids is 1. The van der Waals surface area contributed by atoms with E-state index >= 15 is 0 Å². The van der Waals surface area contributed by atoms with Gasteiger partial charge in [0.15, 0.2) is 5.78 Å². The van der Waals surface area contributed by atoms with Crippen LogP contribution in [0.4, 0.5) is 0 Å². The fourth-order valence-corrected chi connectivity index (χ4v) is 2.58. The van der Waals surface area contributed by atoms with Gasteiger partial charge in [-0.3, -0.25) is 4.79 Å². The van der Waals surface area contributed by atoms with E-state index in [1.165, 1.54) is 0 Å². The number of ether oxygens (including phenoxy) is 1. The van der Waals surface area contributed by atoms with Gasteiger partial charge in [-0.1, -0.05) is 19.1 Å². The summed E-state index contributed by atoms with van der Waals surface area (Å²) in [7, 11) is 1.63. The number of Topliss-reactive ketones (excluding diaryl/α,β-unsaturated/α-hetero) is 1. The molecule has 1 aliphatic rings. The van der Waals surface area contributed by atoms with E-state index in [0.29, 0.717) is 11.5 Å². The van der Waals surface area contributed by atoms with Crippen molar-refractivity contribution >= 4 is 5.78 Å². The van der Waals surface area contributed by atoms with Crippen LogP contribution in [0.15, 0.2) is 23.8 Å². The number of allylic oxidation sites excluding steroid dienone is 2. The zero-order chi connectivity index (χ0) is 14.0. The third-order valence-corrected chi connectivity index (χ3v) is 4.09. The normalized spacial score (nSPS) is 18.9. The van der Waals surface area contributed by atoms with Crippen LogP contribution >= 0.6 is 0 Å². The summed E-state index contributed by atoms with van der Waals surface area (Å²) in [4.78, 5) is 12.6. The predicted molar refractivity (Wildman–Crippen MR) is 77.9 cm³/mol. The third-order valence-electron chi connectivity index (χ3n) is 4.09. The number of hydrogen-bond acceptors (Lipinski definition) is 2. The summed E-state index contributed by atoms with van der Waals surface area (Å²) in [6.45, 7) is 6.27. The Bertz CT molecular complexity index is 526.